The number of fused-ring (bicyclic) bond motifs is 1. The molecule has 1 aromatic rings. The van der Waals surface area contributed by atoms with E-state index in [2.05, 4.69) is 9.97 Å². The van der Waals surface area contributed by atoms with Crippen molar-refractivity contribution in [2.24, 2.45) is 17.8 Å². The van der Waals surface area contributed by atoms with Gasteiger partial charge in [0.15, 0.2) is 5.69 Å². The summed E-state index contributed by atoms with van der Waals surface area (Å²) in [7, 11) is 0. The summed E-state index contributed by atoms with van der Waals surface area (Å²) in [6.45, 7) is 2.90. The van der Waals surface area contributed by atoms with Crippen molar-refractivity contribution >= 4 is 22.8 Å². The number of anilines is 2. The van der Waals surface area contributed by atoms with Gasteiger partial charge < -0.3 is 19.5 Å². The van der Waals surface area contributed by atoms with Crippen molar-refractivity contribution in [2.75, 3.05) is 35.2 Å². The van der Waals surface area contributed by atoms with E-state index >= 15 is 0 Å². The van der Waals surface area contributed by atoms with E-state index in [4.69, 9.17) is 0 Å². The second kappa shape index (κ2) is 7.42. The van der Waals surface area contributed by atoms with Gasteiger partial charge in [0.1, 0.15) is 5.82 Å². The molecule has 0 radical (unpaired) electrons. The third-order valence-electron chi connectivity index (χ3n) is 5.70. The topological polar surface area (TPSA) is 92.6 Å². The Morgan fingerprint density at radius 2 is 1.93 bits per heavy atom. The van der Waals surface area contributed by atoms with E-state index in [1.165, 1.54) is 0 Å². The maximum Gasteiger partial charge on any atom is 1.00 e. The maximum atomic E-state index is 13.2. The third kappa shape index (κ3) is 3.99. The standard InChI is InChI=1S/C15H19F3N4O3S.Na/c1-7-11(23)5-22(7)14-19-12(15(16,17)18)2-13(20-14)21-3-8-9(4-21)10(8)6-26(24)25;/h2,7-11,23H,3-6H2,1H3,(H,24,25);/q;+1/p-1/t7-,8-,9+,10?,11+;/m0./s1. The van der Waals surface area contributed by atoms with Crippen LogP contribution < -0.4 is 39.4 Å². The molecule has 6 atom stereocenters. The molecule has 0 bridgehead atoms. The number of aliphatic hydroxyl groups is 1. The van der Waals surface area contributed by atoms with E-state index in [9.17, 15) is 27.0 Å². The van der Waals surface area contributed by atoms with Gasteiger partial charge in [0.2, 0.25) is 5.95 Å². The molecular weight excluding hydrogens is 396 g/mol. The second-order valence-corrected chi connectivity index (χ2v) is 8.18. The minimum atomic E-state index is -4.59. The van der Waals surface area contributed by atoms with Gasteiger partial charge in [-0.25, -0.2) is 4.98 Å². The van der Waals surface area contributed by atoms with Gasteiger partial charge in [0.25, 0.3) is 0 Å². The summed E-state index contributed by atoms with van der Waals surface area (Å²) in [5.41, 5.74) is -1.01. The largest absolute Gasteiger partial charge is 1.00 e. The van der Waals surface area contributed by atoms with E-state index in [1.807, 2.05) is 0 Å². The molecule has 2 unspecified atom stereocenters. The third-order valence-corrected chi connectivity index (χ3v) is 6.36. The molecule has 0 spiro atoms. The molecule has 2 saturated heterocycles. The molecule has 144 valence electrons. The average Bonchev–Trinajstić information content (AvgIpc) is 3.00. The SMILES string of the molecule is C[C@H]1[C@H](O)CN1c1nc(N2C[C@@H]3C(CS(=O)[O-])[C@@H]3C2)cc(C(F)(F)F)n1.[Na+]. The zero-order valence-corrected chi connectivity index (χ0v) is 17.7. The minimum absolute atomic E-state index is 0. The van der Waals surface area contributed by atoms with Crippen molar-refractivity contribution in [3.8, 4) is 0 Å². The Morgan fingerprint density at radius 3 is 2.41 bits per heavy atom. The number of nitrogens with zero attached hydrogens (tertiary/aromatic N) is 4. The number of halogens is 3. The summed E-state index contributed by atoms with van der Waals surface area (Å²) in [6.07, 6.45) is -5.20. The Labute approximate surface area is 178 Å². The van der Waals surface area contributed by atoms with Crippen LogP contribution in [0.1, 0.15) is 12.6 Å². The average molecular weight is 414 g/mol. The van der Waals surface area contributed by atoms with Crippen molar-refractivity contribution in [2.45, 2.75) is 25.2 Å². The van der Waals surface area contributed by atoms with Gasteiger partial charge in [-0.15, -0.1) is 0 Å². The zero-order chi connectivity index (χ0) is 18.8. The summed E-state index contributed by atoms with van der Waals surface area (Å²) in [6, 6.07) is 0.602. The summed E-state index contributed by atoms with van der Waals surface area (Å²) >= 11 is -2.10. The first-order valence-corrected chi connectivity index (χ1v) is 9.61. The summed E-state index contributed by atoms with van der Waals surface area (Å²) in [4.78, 5) is 11.2. The van der Waals surface area contributed by atoms with E-state index in [1.54, 1.807) is 16.7 Å². The Balaban J connectivity index is 0.00000210. The smallest absolute Gasteiger partial charge is 0.772 e. The fourth-order valence-corrected chi connectivity index (χ4v) is 4.76. The molecule has 12 heteroatoms. The van der Waals surface area contributed by atoms with Gasteiger partial charge in [-0.05, 0) is 24.7 Å². The van der Waals surface area contributed by atoms with Gasteiger partial charge in [-0.1, -0.05) is 11.1 Å². The van der Waals surface area contributed by atoms with Crippen LogP contribution in [-0.4, -0.2) is 61.4 Å². The van der Waals surface area contributed by atoms with Crippen LogP contribution in [0.3, 0.4) is 0 Å². The van der Waals surface area contributed by atoms with Crippen LogP contribution in [0.2, 0.25) is 0 Å². The van der Waals surface area contributed by atoms with Crippen molar-refractivity contribution in [1.29, 1.82) is 0 Å². The van der Waals surface area contributed by atoms with E-state index in [0.717, 1.165) is 6.07 Å². The molecule has 27 heavy (non-hydrogen) atoms. The Hall–Kier alpha value is -0.460. The zero-order valence-electron chi connectivity index (χ0n) is 14.9. The number of piperidine rings is 1. The normalized spacial score (nSPS) is 33.2. The maximum absolute atomic E-state index is 13.2. The Morgan fingerprint density at radius 1 is 1.30 bits per heavy atom. The molecule has 1 aliphatic carbocycles. The van der Waals surface area contributed by atoms with Gasteiger partial charge in [-0.2, -0.15) is 18.2 Å². The number of hydrogen-bond acceptors (Lipinski definition) is 7. The second-order valence-electron chi connectivity index (χ2n) is 7.24. The Kier molecular flexibility index (Phi) is 5.84. The minimum Gasteiger partial charge on any atom is -0.772 e. The molecule has 3 fully saturated rings. The van der Waals surface area contributed by atoms with Crippen molar-refractivity contribution < 1.29 is 56.6 Å². The first-order valence-electron chi connectivity index (χ1n) is 8.37. The predicted octanol–water partition coefficient (Wildman–Crippen LogP) is -2.37. The van der Waals surface area contributed by atoms with E-state index in [0.29, 0.717) is 13.1 Å². The van der Waals surface area contributed by atoms with Crippen LogP contribution in [0.25, 0.3) is 0 Å². The molecule has 1 aromatic heterocycles. The fraction of sp³-hybridized carbons (Fsp3) is 0.733. The van der Waals surface area contributed by atoms with Crippen molar-refractivity contribution in [3.63, 3.8) is 0 Å². The first kappa shape index (κ1) is 21.3. The number of aliphatic hydroxyl groups excluding tert-OH is 1. The number of hydrogen-bond donors (Lipinski definition) is 1. The van der Waals surface area contributed by atoms with Crippen LogP contribution in [0.15, 0.2) is 6.07 Å². The summed E-state index contributed by atoms with van der Waals surface area (Å²) < 4.78 is 61.4. The quantitative estimate of drug-likeness (QED) is 0.435. The molecule has 7 nitrogen and oxygen atoms in total. The molecular formula is C15H18F3N4NaO3S. The number of β-amino-alcohol motifs (C(OH)–C–C–N with tert-alkyl or cyclic N) is 1. The fourth-order valence-electron chi connectivity index (χ4n) is 3.95. The molecule has 1 saturated carbocycles. The predicted molar refractivity (Wildman–Crippen MR) is 86.3 cm³/mol. The molecule has 1 N–H and O–H groups in total. The summed E-state index contributed by atoms with van der Waals surface area (Å²) in [5, 5.41) is 9.62. The number of alkyl halides is 3. The van der Waals surface area contributed by atoms with Crippen LogP contribution in [-0.2, 0) is 17.3 Å². The number of aromatic nitrogens is 2. The molecule has 0 aromatic carbocycles. The van der Waals surface area contributed by atoms with Gasteiger partial charge >= 0.3 is 35.7 Å². The number of rotatable bonds is 4. The van der Waals surface area contributed by atoms with Crippen LogP contribution in [0, 0.1) is 17.8 Å². The Bertz CT molecular complexity index is 744. The van der Waals surface area contributed by atoms with Crippen molar-refractivity contribution in [3.05, 3.63) is 11.8 Å². The molecule has 4 rings (SSSR count). The summed E-state index contributed by atoms with van der Waals surface area (Å²) in [5.74, 6) is 0.736. The monoisotopic (exact) mass is 414 g/mol. The van der Waals surface area contributed by atoms with Crippen LogP contribution in [0.4, 0.5) is 24.9 Å². The van der Waals surface area contributed by atoms with E-state index in [-0.39, 0.29) is 77.4 Å². The van der Waals surface area contributed by atoms with Gasteiger partial charge in [-0.3, -0.25) is 4.21 Å². The molecule has 2 aliphatic heterocycles. The van der Waals surface area contributed by atoms with Crippen LogP contribution in [0.5, 0.6) is 0 Å². The molecule has 0 amide bonds. The molecule has 3 aliphatic rings. The van der Waals surface area contributed by atoms with E-state index < -0.39 is 29.1 Å². The molecule has 3 heterocycles. The van der Waals surface area contributed by atoms with Gasteiger partial charge in [0, 0.05) is 31.5 Å². The van der Waals surface area contributed by atoms with Crippen molar-refractivity contribution in [1.82, 2.24) is 9.97 Å². The van der Waals surface area contributed by atoms with Crippen LogP contribution >= 0.6 is 0 Å². The first-order chi connectivity index (χ1) is 12.1. The van der Waals surface area contributed by atoms with Gasteiger partial charge in [0.05, 0.1) is 12.1 Å².